The minimum Gasteiger partial charge on any atom is -0.456 e. The second-order valence-corrected chi connectivity index (χ2v) is 7.08. The van der Waals surface area contributed by atoms with Crippen molar-refractivity contribution in [2.45, 2.75) is 46.3 Å². The second kappa shape index (κ2) is 6.45. The van der Waals surface area contributed by atoms with Crippen LogP contribution in [-0.2, 0) is 9.47 Å². The van der Waals surface area contributed by atoms with E-state index in [1.54, 1.807) is 17.7 Å². The van der Waals surface area contributed by atoms with Crippen LogP contribution in [0.1, 0.15) is 56.8 Å². The van der Waals surface area contributed by atoms with Crippen molar-refractivity contribution in [2.75, 3.05) is 7.11 Å². The minimum absolute atomic E-state index is 0.120. The van der Waals surface area contributed by atoms with Gasteiger partial charge in [0.05, 0.1) is 5.69 Å². The molecule has 0 bridgehead atoms. The number of ether oxygens (including phenoxy) is 2. The Hall–Kier alpha value is -1.66. The number of aromatic nitrogens is 3. The molecule has 6 nitrogen and oxygen atoms in total. The first kappa shape index (κ1) is 17.7. The van der Waals surface area contributed by atoms with Gasteiger partial charge in [0.25, 0.3) is 0 Å². The molecular weight excluding hydrogens is 318 g/mol. The summed E-state index contributed by atoms with van der Waals surface area (Å²) in [5, 5.41) is 4.54. The molecule has 7 heteroatoms. The molecule has 0 N–H and O–H groups in total. The van der Waals surface area contributed by atoms with Gasteiger partial charge in [-0.2, -0.15) is 5.10 Å². The van der Waals surface area contributed by atoms with Crippen LogP contribution in [0, 0.1) is 5.92 Å². The van der Waals surface area contributed by atoms with Gasteiger partial charge >= 0.3 is 5.97 Å². The van der Waals surface area contributed by atoms with Gasteiger partial charge in [-0.25, -0.2) is 14.3 Å². The molecule has 0 aliphatic heterocycles. The third-order valence-electron chi connectivity index (χ3n) is 3.24. The van der Waals surface area contributed by atoms with Gasteiger partial charge in [-0.1, -0.05) is 25.4 Å². The third kappa shape index (κ3) is 3.82. The highest BCUT2D eigenvalue weighted by atomic mass is 35.5. The van der Waals surface area contributed by atoms with Crippen LogP contribution in [0.15, 0.2) is 12.3 Å². The molecule has 2 aromatic heterocycles. The van der Waals surface area contributed by atoms with Crippen molar-refractivity contribution < 1.29 is 14.3 Å². The number of rotatable bonds is 4. The maximum Gasteiger partial charge on any atom is 0.342 e. The Labute approximate surface area is 140 Å². The zero-order valence-electron chi connectivity index (χ0n) is 14.3. The van der Waals surface area contributed by atoms with Crippen LogP contribution >= 0.6 is 11.6 Å². The molecule has 0 aromatic carbocycles. The molecule has 126 valence electrons. The number of halogens is 1. The number of esters is 1. The molecule has 23 heavy (non-hydrogen) atoms. The summed E-state index contributed by atoms with van der Waals surface area (Å²) in [6, 6.07) is 1.64. The van der Waals surface area contributed by atoms with Gasteiger partial charge in [-0.3, -0.25) is 0 Å². The Morgan fingerprint density at radius 3 is 2.52 bits per heavy atom. The van der Waals surface area contributed by atoms with Gasteiger partial charge in [0, 0.05) is 19.4 Å². The first-order valence-corrected chi connectivity index (χ1v) is 7.82. The van der Waals surface area contributed by atoms with E-state index in [1.165, 1.54) is 6.20 Å². The van der Waals surface area contributed by atoms with E-state index in [0.29, 0.717) is 22.1 Å². The quantitative estimate of drug-likeness (QED) is 0.795. The SMILES string of the molecule is COC(c1c(C(=O)OC(C)(C)C)cnc2cc(Cl)nn12)C(C)C. The normalized spacial score (nSPS) is 13.6. The minimum atomic E-state index is -0.606. The number of hydrogen-bond acceptors (Lipinski definition) is 5. The number of hydrogen-bond donors (Lipinski definition) is 0. The van der Waals surface area contributed by atoms with Crippen molar-refractivity contribution in [3.63, 3.8) is 0 Å². The second-order valence-electron chi connectivity index (χ2n) is 6.70. The van der Waals surface area contributed by atoms with E-state index < -0.39 is 11.6 Å². The Kier molecular flexibility index (Phi) is 4.96. The first-order chi connectivity index (χ1) is 10.6. The Morgan fingerprint density at radius 1 is 1.35 bits per heavy atom. The van der Waals surface area contributed by atoms with E-state index in [1.807, 2.05) is 34.6 Å². The van der Waals surface area contributed by atoms with E-state index in [2.05, 4.69) is 10.1 Å². The molecule has 0 aliphatic rings. The number of fused-ring (bicyclic) bond motifs is 1. The van der Waals surface area contributed by atoms with E-state index in [9.17, 15) is 4.79 Å². The molecule has 0 aliphatic carbocycles. The summed E-state index contributed by atoms with van der Waals surface area (Å²) in [5.41, 5.74) is 0.868. The third-order valence-corrected chi connectivity index (χ3v) is 3.42. The van der Waals surface area contributed by atoms with Crippen LogP contribution in [-0.4, -0.2) is 33.3 Å². The van der Waals surface area contributed by atoms with Crippen LogP contribution in [0.2, 0.25) is 5.15 Å². The summed E-state index contributed by atoms with van der Waals surface area (Å²) in [4.78, 5) is 16.8. The highest BCUT2D eigenvalue weighted by molar-refractivity contribution is 6.29. The number of carbonyl (C=O) groups excluding carboxylic acids is 1. The van der Waals surface area contributed by atoms with E-state index in [4.69, 9.17) is 21.1 Å². The number of methoxy groups -OCH3 is 1. The molecule has 0 fully saturated rings. The summed E-state index contributed by atoms with van der Waals surface area (Å²) in [7, 11) is 1.60. The average Bonchev–Trinajstić information content (AvgIpc) is 2.77. The first-order valence-electron chi connectivity index (χ1n) is 7.44. The zero-order chi connectivity index (χ0) is 17.4. The van der Waals surface area contributed by atoms with Crippen molar-refractivity contribution in [2.24, 2.45) is 5.92 Å². The van der Waals surface area contributed by atoms with Crippen molar-refractivity contribution in [3.8, 4) is 0 Å². The monoisotopic (exact) mass is 339 g/mol. The predicted octanol–water partition coefficient (Wildman–Crippen LogP) is 3.68. The van der Waals surface area contributed by atoms with Gasteiger partial charge in [-0.15, -0.1) is 0 Å². The Morgan fingerprint density at radius 2 is 2.00 bits per heavy atom. The van der Waals surface area contributed by atoms with Crippen LogP contribution < -0.4 is 0 Å². The van der Waals surface area contributed by atoms with Crippen molar-refractivity contribution in [1.29, 1.82) is 0 Å². The fraction of sp³-hybridized carbons (Fsp3) is 0.562. The maximum atomic E-state index is 12.6. The standard InChI is InChI=1S/C16H22ClN3O3/c1-9(2)14(22-6)13-10(15(21)23-16(3,4)5)8-18-12-7-11(17)19-20(12)13/h7-9,14H,1-6H3. The van der Waals surface area contributed by atoms with Crippen LogP contribution in [0.3, 0.4) is 0 Å². The molecule has 0 spiro atoms. The van der Waals surface area contributed by atoms with Crippen LogP contribution in [0.5, 0.6) is 0 Å². The average molecular weight is 340 g/mol. The van der Waals surface area contributed by atoms with E-state index >= 15 is 0 Å². The predicted molar refractivity (Wildman–Crippen MR) is 87.8 cm³/mol. The molecular formula is C16H22ClN3O3. The fourth-order valence-electron chi connectivity index (χ4n) is 2.39. The molecule has 2 heterocycles. The molecule has 0 radical (unpaired) electrons. The lowest BCUT2D eigenvalue weighted by atomic mass is 10.00. The lowest BCUT2D eigenvalue weighted by Crippen LogP contribution is -2.27. The summed E-state index contributed by atoms with van der Waals surface area (Å²) >= 11 is 5.99. The summed E-state index contributed by atoms with van der Waals surface area (Å²) in [6.45, 7) is 9.46. The lowest BCUT2D eigenvalue weighted by Gasteiger charge is -2.24. The molecule has 2 aromatic rings. The number of nitrogens with zero attached hydrogens (tertiary/aromatic N) is 3. The lowest BCUT2D eigenvalue weighted by molar-refractivity contribution is 0.00526. The molecule has 2 rings (SSSR count). The van der Waals surface area contributed by atoms with Gasteiger partial charge in [0.15, 0.2) is 10.8 Å². The molecule has 1 unspecified atom stereocenters. The largest absolute Gasteiger partial charge is 0.456 e. The Bertz CT molecular complexity index is 719. The van der Waals surface area contributed by atoms with Gasteiger partial charge in [0.2, 0.25) is 0 Å². The van der Waals surface area contributed by atoms with Crippen LogP contribution in [0.4, 0.5) is 0 Å². The van der Waals surface area contributed by atoms with Gasteiger partial charge in [-0.05, 0) is 26.7 Å². The molecule has 1 atom stereocenters. The summed E-state index contributed by atoms with van der Waals surface area (Å²) in [6.07, 6.45) is 1.14. The topological polar surface area (TPSA) is 65.7 Å². The van der Waals surface area contributed by atoms with Crippen LogP contribution in [0.25, 0.3) is 5.65 Å². The fourth-order valence-corrected chi connectivity index (χ4v) is 2.56. The zero-order valence-corrected chi connectivity index (χ0v) is 15.0. The maximum absolute atomic E-state index is 12.6. The highest BCUT2D eigenvalue weighted by Gasteiger charge is 2.29. The van der Waals surface area contributed by atoms with E-state index in [-0.39, 0.29) is 12.0 Å². The summed E-state index contributed by atoms with van der Waals surface area (Å²) in [5.74, 6) is -0.342. The Balaban J connectivity index is 2.66. The van der Waals surface area contributed by atoms with Crippen molar-refractivity contribution in [1.82, 2.24) is 14.6 Å². The van der Waals surface area contributed by atoms with Crippen molar-refractivity contribution >= 4 is 23.2 Å². The highest BCUT2D eigenvalue weighted by Crippen LogP contribution is 2.30. The number of carbonyl (C=O) groups is 1. The van der Waals surface area contributed by atoms with Gasteiger partial charge < -0.3 is 9.47 Å². The molecule has 0 amide bonds. The van der Waals surface area contributed by atoms with E-state index in [0.717, 1.165) is 0 Å². The summed E-state index contributed by atoms with van der Waals surface area (Å²) < 4.78 is 12.6. The molecule has 0 saturated carbocycles. The van der Waals surface area contributed by atoms with Crippen molar-refractivity contribution in [3.05, 3.63) is 28.7 Å². The molecule has 0 saturated heterocycles. The smallest absolute Gasteiger partial charge is 0.342 e. The van der Waals surface area contributed by atoms with Gasteiger partial charge in [0.1, 0.15) is 17.3 Å².